The van der Waals surface area contributed by atoms with Gasteiger partial charge >= 0.3 is 5.97 Å². The molecule has 5 nitrogen and oxygen atoms in total. The van der Waals surface area contributed by atoms with E-state index < -0.39 is 5.97 Å². The van der Waals surface area contributed by atoms with E-state index in [1.165, 1.54) is 6.07 Å². The molecule has 0 fully saturated rings. The fourth-order valence-corrected chi connectivity index (χ4v) is 0.905. The smallest absolute Gasteiger partial charge is 0.336 e. The van der Waals surface area contributed by atoms with Gasteiger partial charge in [0.1, 0.15) is 5.52 Å². The number of aromatic amines is 1. The first-order valence-electron chi connectivity index (χ1n) is 3.24. The second-order valence-corrected chi connectivity index (χ2v) is 2.25. The van der Waals surface area contributed by atoms with Gasteiger partial charge in [0.15, 0.2) is 0 Å². The number of carboxylic acids is 1. The molecule has 0 bridgehead atoms. The maximum absolute atomic E-state index is 10.5. The van der Waals surface area contributed by atoms with Crippen LogP contribution < -0.4 is 0 Å². The molecule has 1 radical (unpaired) electrons. The third kappa shape index (κ3) is 0.914. The van der Waals surface area contributed by atoms with E-state index in [0.717, 1.165) is 0 Å². The van der Waals surface area contributed by atoms with Gasteiger partial charge in [-0.1, -0.05) is 5.21 Å². The molecule has 59 valence electrons. The van der Waals surface area contributed by atoms with Crippen LogP contribution in [0.3, 0.4) is 0 Å². The minimum absolute atomic E-state index is 0.0939. The average molecular weight is 162 g/mol. The molecule has 0 atom stereocenters. The first-order valence-corrected chi connectivity index (χ1v) is 3.24. The summed E-state index contributed by atoms with van der Waals surface area (Å²) in [4.78, 5) is 10.5. The van der Waals surface area contributed by atoms with Crippen molar-refractivity contribution in [2.75, 3.05) is 0 Å². The number of carboxylic acid groups (broad SMARTS) is 1. The lowest BCUT2D eigenvalue weighted by atomic mass is 10.2. The van der Waals surface area contributed by atoms with Gasteiger partial charge in [0.2, 0.25) is 0 Å². The van der Waals surface area contributed by atoms with Crippen LogP contribution in [0.2, 0.25) is 0 Å². The highest BCUT2D eigenvalue weighted by Gasteiger charge is 2.05. The van der Waals surface area contributed by atoms with Crippen LogP contribution in [-0.2, 0) is 0 Å². The lowest BCUT2D eigenvalue weighted by molar-refractivity contribution is 0.0696. The lowest BCUT2D eigenvalue weighted by Crippen LogP contribution is -1.95. The Labute approximate surface area is 67.0 Å². The molecule has 1 aromatic carbocycles. The predicted octanol–water partition coefficient (Wildman–Crippen LogP) is 0.456. The molecule has 12 heavy (non-hydrogen) atoms. The topological polar surface area (TPSA) is 78.9 Å². The standard InChI is InChI=1S/C7H4N3O2/c11-7(12)4-1-2-5-6(3-4)9-10-8-5/h1-2H,(H,11,12)(H,8,9,10). The van der Waals surface area contributed by atoms with Gasteiger partial charge in [0, 0.05) is 6.07 Å². The van der Waals surface area contributed by atoms with Crippen molar-refractivity contribution < 1.29 is 9.90 Å². The van der Waals surface area contributed by atoms with Gasteiger partial charge < -0.3 is 5.11 Å². The van der Waals surface area contributed by atoms with Crippen molar-refractivity contribution in [3.05, 3.63) is 23.8 Å². The zero-order valence-corrected chi connectivity index (χ0v) is 5.90. The largest absolute Gasteiger partial charge is 0.478 e. The minimum Gasteiger partial charge on any atom is -0.478 e. The number of benzene rings is 1. The van der Waals surface area contributed by atoms with Crippen LogP contribution in [-0.4, -0.2) is 26.5 Å². The van der Waals surface area contributed by atoms with Gasteiger partial charge in [-0.15, -0.1) is 5.10 Å². The lowest BCUT2D eigenvalue weighted by Gasteiger charge is -1.90. The average Bonchev–Trinajstić information content (AvgIpc) is 2.49. The molecule has 0 saturated carbocycles. The number of nitrogens with one attached hydrogen (secondary N) is 1. The maximum atomic E-state index is 10.5. The molecular formula is C7H4N3O2. The summed E-state index contributed by atoms with van der Waals surface area (Å²) in [5.74, 6) is -1.01. The summed E-state index contributed by atoms with van der Waals surface area (Å²) in [6.07, 6.45) is 0. The quantitative estimate of drug-likeness (QED) is 0.638. The van der Waals surface area contributed by atoms with Crippen LogP contribution >= 0.6 is 0 Å². The SMILES string of the molecule is O=C(O)c1[c]c2nn[nH]c2cc1. The van der Waals surface area contributed by atoms with Crippen LogP contribution in [0.15, 0.2) is 12.1 Å². The van der Waals surface area contributed by atoms with Crippen molar-refractivity contribution in [3.8, 4) is 0 Å². The van der Waals surface area contributed by atoms with Gasteiger partial charge in [-0.2, -0.15) is 0 Å². The van der Waals surface area contributed by atoms with E-state index in [9.17, 15) is 4.79 Å². The van der Waals surface area contributed by atoms with Gasteiger partial charge in [-0.05, 0) is 12.1 Å². The number of aromatic nitrogens is 3. The Morgan fingerprint density at radius 3 is 3.17 bits per heavy atom. The van der Waals surface area contributed by atoms with E-state index in [2.05, 4.69) is 21.5 Å². The molecule has 2 rings (SSSR count). The second-order valence-electron chi connectivity index (χ2n) is 2.25. The molecule has 0 saturated heterocycles. The molecule has 2 aromatic rings. The normalized spacial score (nSPS) is 10.3. The van der Waals surface area contributed by atoms with E-state index in [1.54, 1.807) is 6.07 Å². The van der Waals surface area contributed by atoms with Crippen molar-refractivity contribution in [2.24, 2.45) is 0 Å². The highest BCUT2D eigenvalue weighted by atomic mass is 16.4. The van der Waals surface area contributed by atoms with Crippen molar-refractivity contribution in [1.29, 1.82) is 0 Å². The number of fused-ring (bicyclic) bond motifs is 1. The van der Waals surface area contributed by atoms with Crippen LogP contribution in [0.4, 0.5) is 0 Å². The molecular weight excluding hydrogens is 158 g/mol. The number of hydrogen-bond acceptors (Lipinski definition) is 3. The van der Waals surface area contributed by atoms with E-state index >= 15 is 0 Å². The fourth-order valence-electron chi connectivity index (χ4n) is 0.905. The Bertz CT molecular complexity index is 435. The van der Waals surface area contributed by atoms with Crippen molar-refractivity contribution >= 4 is 17.0 Å². The van der Waals surface area contributed by atoms with Crippen LogP contribution in [0.5, 0.6) is 0 Å². The number of H-pyrrole nitrogens is 1. The summed E-state index contributed by atoms with van der Waals surface area (Å²) < 4.78 is 0. The summed E-state index contributed by atoms with van der Waals surface area (Å²) in [6, 6.07) is 5.66. The molecule has 5 heteroatoms. The Hall–Kier alpha value is -1.91. The summed E-state index contributed by atoms with van der Waals surface area (Å²) >= 11 is 0. The first kappa shape index (κ1) is 6.78. The molecule has 0 aliphatic rings. The Balaban J connectivity index is 2.68. The fraction of sp³-hybridized carbons (Fsp3) is 0. The summed E-state index contributed by atoms with van der Waals surface area (Å²) in [5.41, 5.74) is 1.21. The van der Waals surface area contributed by atoms with Crippen LogP contribution in [0.1, 0.15) is 10.4 Å². The van der Waals surface area contributed by atoms with Gasteiger partial charge in [0.05, 0.1) is 11.1 Å². The molecule has 0 unspecified atom stereocenters. The number of hydrogen-bond donors (Lipinski definition) is 2. The zero-order chi connectivity index (χ0) is 8.55. The van der Waals surface area contributed by atoms with Crippen LogP contribution in [0.25, 0.3) is 11.0 Å². The number of rotatable bonds is 1. The Morgan fingerprint density at radius 2 is 2.42 bits per heavy atom. The third-order valence-electron chi connectivity index (χ3n) is 1.48. The van der Waals surface area contributed by atoms with Crippen molar-refractivity contribution in [2.45, 2.75) is 0 Å². The Morgan fingerprint density at radius 1 is 1.58 bits per heavy atom. The van der Waals surface area contributed by atoms with Crippen molar-refractivity contribution in [3.63, 3.8) is 0 Å². The summed E-state index contributed by atoms with van der Waals surface area (Å²) in [5, 5.41) is 18.3. The predicted molar refractivity (Wildman–Crippen MR) is 39.7 cm³/mol. The van der Waals surface area contributed by atoms with E-state index in [0.29, 0.717) is 11.0 Å². The van der Waals surface area contributed by atoms with Crippen molar-refractivity contribution in [1.82, 2.24) is 15.4 Å². The molecule has 0 spiro atoms. The minimum atomic E-state index is -1.01. The van der Waals surface area contributed by atoms with Gasteiger partial charge in [0.25, 0.3) is 0 Å². The van der Waals surface area contributed by atoms with Crippen LogP contribution in [0, 0.1) is 6.07 Å². The van der Waals surface area contributed by atoms with Gasteiger partial charge in [-0.3, -0.25) is 5.10 Å². The van der Waals surface area contributed by atoms with E-state index in [1.807, 2.05) is 0 Å². The monoisotopic (exact) mass is 162 g/mol. The highest BCUT2D eigenvalue weighted by Crippen LogP contribution is 2.08. The maximum Gasteiger partial charge on any atom is 0.336 e. The first-order chi connectivity index (χ1) is 5.77. The summed E-state index contributed by atoms with van der Waals surface area (Å²) in [6.45, 7) is 0. The molecule has 0 aliphatic carbocycles. The molecule has 0 aliphatic heterocycles. The second kappa shape index (κ2) is 2.30. The molecule has 1 heterocycles. The zero-order valence-electron chi connectivity index (χ0n) is 5.90. The molecule has 1 aromatic heterocycles. The number of carbonyl (C=O) groups is 1. The number of nitrogens with zero attached hydrogens (tertiary/aromatic N) is 2. The molecule has 0 amide bonds. The van der Waals surface area contributed by atoms with E-state index in [4.69, 9.17) is 5.11 Å². The Kier molecular flexibility index (Phi) is 1.30. The highest BCUT2D eigenvalue weighted by molar-refractivity contribution is 5.91. The molecule has 2 N–H and O–H groups in total. The van der Waals surface area contributed by atoms with Gasteiger partial charge in [-0.25, -0.2) is 4.79 Å². The third-order valence-corrected chi connectivity index (χ3v) is 1.48. The summed E-state index contributed by atoms with van der Waals surface area (Å²) in [7, 11) is 0. The van der Waals surface area contributed by atoms with E-state index in [-0.39, 0.29) is 5.56 Å². The number of aromatic carboxylic acids is 1.